The molecule has 0 spiro atoms. The Morgan fingerprint density at radius 2 is 1.73 bits per heavy atom. The molecule has 180 valence electrons. The van der Waals surface area contributed by atoms with Crippen molar-refractivity contribution >= 4 is 11.6 Å². The first-order valence-corrected chi connectivity index (χ1v) is 11.3. The highest BCUT2D eigenvalue weighted by molar-refractivity contribution is 5.93. The third-order valence-corrected chi connectivity index (χ3v) is 5.88. The van der Waals surface area contributed by atoms with Gasteiger partial charge < -0.3 is 10.1 Å². The van der Waals surface area contributed by atoms with E-state index in [2.05, 4.69) is 43.1 Å². The molecular formula is C25H32F3N3O2. The molecular weight excluding hydrogens is 431 g/mol. The number of benzene rings is 2. The van der Waals surface area contributed by atoms with Gasteiger partial charge in [0.25, 0.3) is 0 Å². The van der Waals surface area contributed by atoms with Gasteiger partial charge in [-0.05, 0) is 48.2 Å². The highest BCUT2D eigenvalue weighted by Crippen LogP contribution is 2.34. The summed E-state index contributed by atoms with van der Waals surface area (Å²) in [5.74, 6) is 0.909. The van der Waals surface area contributed by atoms with Crippen molar-refractivity contribution in [3.8, 4) is 5.75 Å². The molecule has 0 aromatic heterocycles. The van der Waals surface area contributed by atoms with E-state index in [1.54, 1.807) is 0 Å². The maximum Gasteiger partial charge on any atom is 0.418 e. The van der Waals surface area contributed by atoms with Crippen LogP contribution in [0.15, 0.2) is 42.5 Å². The molecule has 0 saturated carbocycles. The van der Waals surface area contributed by atoms with E-state index in [1.165, 1.54) is 29.3 Å². The van der Waals surface area contributed by atoms with Crippen molar-refractivity contribution in [3.63, 3.8) is 0 Å². The Kier molecular flexibility index (Phi) is 8.37. The number of ether oxygens (including phenoxy) is 1. The van der Waals surface area contributed by atoms with Crippen molar-refractivity contribution in [1.82, 2.24) is 9.80 Å². The van der Waals surface area contributed by atoms with Gasteiger partial charge in [-0.2, -0.15) is 13.2 Å². The molecule has 2 aromatic carbocycles. The maximum atomic E-state index is 13.1. The lowest BCUT2D eigenvalue weighted by atomic mass is 9.98. The largest absolute Gasteiger partial charge is 0.492 e. The molecule has 2 aromatic rings. The van der Waals surface area contributed by atoms with E-state index in [4.69, 9.17) is 4.74 Å². The lowest BCUT2D eigenvalue weighted by molar-refractivity contribution is -0.137. The zero-order valence-electron chi connectivity index (χ0n) is 19.4. The first kappa shape index (κ1) is 25.1. The van der Waals surface area contributed by atoms with E-state index >= 15 is 0 Å². The standard InChI is InChI=1S/C25H32F3N3O2/c1-18(2)21-9-8-20(16-19(21)3)33-15-14-30-10-12-31(13-11-30)17-24(32)29-23-7-5-4-6-22(23)25(26,27)28/h4-9,16,18H,10-15,17H2,1-3H3,(H,29,32). The normalized spacial score (nSPS) is 15.6. The van der Waals surface area contributed by atoms with Crippen LogP contribution in [-0.4, -0.2) is 61.6 Å². The number of carbonyl (C=O) groups is 1. The predicted octanol–water partition coefficient (Wildman–Crippen LogP) is 4.77. The molecule has 33 heavy (non-hydrogen) atoms. The Hall–Kier alpha value is -2.58. The van der Waals surface area contributed by atoms with Crippen molar-refractivity contribution in [2.45, 2.75) is 32.9 Å². The predicted molar refractivity (Wildman–Crippen MR) is 124 cm³/mol. The second kappa shape index (κ2) is 11.0. The summed E-state index contributed by atoms with van der Waals surface area (Å²) in [5.41, 5.74) is 1.51. The number of amides is 1. The minimum absolute atomic E-state index is 0.0675. The summed E-state index contributed by atoms with van der Waals surface area (Å²) in [6.07, 6.45) is -4.51. The molecule has 1 amide bonds. The number of anilines is 1. The van der Waals surface area contributed by atoms with Crippen LogP contribution < -0.4 is 10.1 Å². The van der Waals surface area contributed by atoms with E-state index in [-0.39, 0.29) is 12.2 Å². The molecule has 0 unspecified atom stereocenters. The van der Waals surface area contributed by atoms with Crippen molar-refractivity contribution in [1.29, 1.82) is 0 Å². The van der Waals surface area contributed by atoms with Crippen LogP contribution in [0.4, 0.5) is 18.9 Å². The number of alkyl halides is 3. The van der Waals surface area contributed by atoms with Crippen molar-refractivity contribution in [2.24, 2.45) is 0 Å². The van der Waals surface area contributed by atoms with Crippen LogP contribution in [0.3, 0.4) is 0 Å². The van der Waals surface area contributed by atoms with Crippen LogP contribution in [0.25, 0.3) is 0 Å². The third-order valence-electron chi connectivity index (χ3n) is 5.88. The summed E-state index contributed by atoms with van der Waals surface area (Å²) < 4.78 is 45.2. The van der Waals surface area contributed by atoms with Crippen LogP contribution in [-0.2, 0) is 11.0 Å². The summed E-state index contributed by atoms with van der Waals surface area (Å²) in [5, 5.41) is 2.41. The van der Waals surface area contributed by atoms with Crippen LogP contribution >= 0.6 is 0 Å². The second-order valence-corrected chi connectivity index (χ2v) is 8.73. The van der Waals surface area contributed by atoms with Crippen molar-refractivity contribution < 1.29 is 22.7 Å². The average Bonchev–Trinajstić information content (AvgIpc) is 2.74. The summed E-state index contributed by atoms with van der Waals surface area (Å²) in [6, 6.07) is 11.2. The monoisotopic (exact) mass is 463 g/mol. The number of aryl methyl sites for hydroxylation is 1. The van der Waals surface area contributed by atoms with Crippen LogP contribution in [0.5, 0.6) is 5.75 Å². The molecule has 1 saturated heterocycles. The Bertz CT molecular complexity index is 939. The number of piperazine rings is 1. The number of hydrogen-bond donors (Lipinski definition) is 1. The number of hydrogen-bond acceptors (Lipinski definition) is 4. The van der Waals surface area contributed by atoms with Gasteiger partial charge in [0.05, 0.1) is 17.8 Å². The fourth-order valence-electron chi connectivity index (χ4n) is 4.08. The molecule has 0 atom stereocenters. The zero-order valence-corrected chi connectivity index (χ0v) is 19.4. The molecule has 1 N–H and O–H groups in total. The molecule has 1 heterocycles. The fourth-order valence-corrected chi connectivity index (χ4v) is 4.08. The molecule has 3 rings (SSSR count). The van der Waals surface area contributed by atoms with E-state index in [0.29, 0.717) is 25.6 Å². The van der Waals surface area contributed by atoms with Crippen LogP contribution in [0.1, 0.15) is 36.5 Å². The van der Waals surface area contributed by atoms with Gasteiger partial charge in [0.15, 0.2) is 0 Å². The minimum atomic E-state index is -4.51. The molecule has 0 aliphatic carbocycles. The molecule has 5 nitrogen and oxygen atoms in total. The number of carbonyl (C=O) groups excluding carboxylic acids is 1. The second-order valence-electron chi connectivity index (χ2n) is 8.73. The SMILES string of the molecule is Cc1cc(OCCN2CCN(CC(=O)Nc3ccccc3C(F)(F)F)CC2)ccc1C(C)C. The first-order chi connectivity index (χ1) is 15.6. The van der Waals surface area contributed by atoms with E-state index < -0.39 is 17.6 Å². The lowest BCUT2D eigenvalue weighted by Crippen LogP contribution is -2.49. The van der Waals surface area contributed by atoms with Gasteiger partial charge in [-0.15, -0.1) is 0 Å². The van der Waals surface area contributed by atoms with E-state index in [9.17, 15) is 18.0 Å². The van der Waals surface area contributed by atoms with Crippen LogP contribution in [0.2, 0.25) is 0 Å². The van der Waals surface area contributed by atoms with Crippen LogP contribution in [0, 0.1) is 6.92 Å². The topological polar surface area (TPSA) is 44.8 Å². The Balaban J connectivity index is 1.40. The number of halogens is 3. The quantitative estimate of drug-likeness (QED) is 0.613. The molecule has 1 aliphatic rings. The number of nitrogens with one attached hydrogen (secondary N) is 1. The van der Waals surface area contributed by atoms with E-state index in [1.807, 2.05) is 11.0 Å². The lowest BCUT2D eigenvalue weighted by Gasteiger charge is -2.34. The Morgan fingerprint density at radius 1 is 1.06 bits per heavy atom. The van der Waals surface area contributed by atoms with Gasteiger partial charge in [-0.3, -0.25) is 14.6 Å². The van der Waals surface area contributed by atoms with Gasteiger partial charge in [-0.25, -0.2) is 0 Å². The molecule has 0 bridgehead atoms. The smallest absolute Gasteiger partial charge is 0.418 e. The summed E-state index contributed by atoms with van der Waals surface area (Å²) in [7, 11) is 0. The number of nitrogens with zero attached hydrogens (tertiary/aromatic N) is 2. The molecule has 8 heteroatoms. The van der Waals surface area contributed by atoms with Crippen molar-refractivity contribution in [2.75, 3.05) is 51.2 Å². The van der Waals surface area contributed by atoms with Gasteiger partial charge in [0, 0.05) is 32.7 Å². The van der Waals surface area contributed by atoms with Gasteiger partial charge in [-0.1, -0.05) is 32.0 Å². The first-order valence-electron chi connectivity index (χ1n) is 11.3. The molecule has 1 fully saturated rings. The molecule has 1 aliphatic heterocycles. The fraction of sp³-hybridized carbons (Fsp3) is 0.480. The van der Waals surface area contributed by atoms with Gasteiger partial charge in [0.1, 0.15) is 12.4 Å². The zero-order chi connectivity index (χ0) is 24.0. The maximum absolute atomic E-state index is 13.1. The van der Waals surface area contributed by atoms with E-state index in [0.717, 1.165) is 31.5 Å². The van der Waals surface area contributed by atoms with Crippen molar-refractivity contribution in [3.05, 3.63) is 59.2 Å². The summed E-state index contributed by atoms with van der Waals surface area (Å²) in [4.78, 5) is 16.5. The number of para-hydroxylation sites is 1. The minimum Gasteiger partial charge on any atom is -0.492 e. The number of rotatable bonds is 8. The van der Waals surface area contributed by atoms with Gasteiger partial charge >= 0.3 is 6.18 Å². The Labute approximate surface area is 193 Å². The molecule has 0 radical (unpaired) electrons. The summed E-state index contributed by atoms with van der Waals surface area (Å²) >= 11 is 0. The average molecular weight is 464 g/mol. The Morgan fingerprint density at radius 3 is 2.36 bits per heavy atom. The highest BCUT2D eigenvalue weighted by Gasteiger charge is 2.33. The third kappa shape index (κ3) is 7.20. The van der Waals surface area contributed by atoms with Gasteiger partial charge in [0.2, 0.25) is 5.91 Å². The summed E-state index contributed by atoms with van der Waals surface area (Å²) in [6.45, 7) is 10.8. The highest BCUT2D eigenvalue weighted by atomic mass is 19.4.